The molecule has 0 aliphatic heterocycles. The van der Waals surface area contributed by atoms with Gasteiger partial charge in [0.2, 0.25) is 0 Å². The van der Waals surface area contributed by atoms with E-state index in [4.69, 9.17) is 21.4 Å². The molecule has 84 valence electrons. The second-order valence-corrected chi connectivity index (χ2v) is 3.23. The molecular formula is C9H14ClN3O2. The first-order chi connectivity index (χ1) is 7.33. The Labute approximate surface area is 93.5 Å². The van der Waals surface area contributed by atoms with Gasteiger partial charge in [-0.25, -0.2) is 4.98 Å². The van der Waals surface area contributed by atoms with Crippen LogP contribution in [0.4, 0.5) is 5.82 Å². The van der Waals surface area contributed by atoms with Crippen LogP contribution in [0.1, 0.15) is 6.42 Å². The number of anilines is 1. The van der Waals surface area contributed by atoms with E-state index in [0.29, 0.717) is 24.2 Å². The summed E-state index contributed by atoms with van der Waals surface area (Å²) in [6.45, 7) is 1.80. The quantitative estimate of drug-likeness (QED) is 0.684. The van der Waals surface area contributed by atoms with E-state index >= 15 is 0 Å². The predicted molar refractivity (Wildman–Crippen MR) is 58.1 cm³/mol. The van der Waals surface area contributed by atoms with Crippen molar-refractivity contribution in [3.05, 3.63) is 17.5 Å². The van der Waals surface area contributed by atoms with Crippen LogP contribution in [0.15, 0.2) is 12.4 Å². The lowest BCUT2D eigenvalue weighted by atomic mass is 10.4. The minimum Gasteiger partial charge on any atom is -0.394 e. The molecule has 1 aromatic heterocycles. The van der Waals surface area contributed by atoms with Crippen molar-refractivity contribution in [1.29, 1.82) is 0 Å². The minimum atomic E-state index is 0.0627. The Morgan fingerprint density at radius 3 is 3.00 bits per heavy atom. The lowest BCUT2D eigenvalue weighted by Gasteiger charge is -2.05. The molecule has 0 saturated carbocycles. The van der Waals surface area contributed by atoms with E-state index in [2.05, 4.69) is 15.3 Å². The molecule has 2 N–H and O–H groups in total. The van der Waals surface area contributed by atoms with Crippen LogP contribution in [-0.2, 0) is 4.74 Å². The summed E-state index contributed by atoms with van der Waals surface area (Å²) in [5.74, 6) is 0.657. The first-order valence-corrected chi connectivity index (χ1v) is 5.11. The Hall–Kier alpha value is -0.910. The van der Waals surface area contributed by atoms with Crippen molar-refractivity contribution < 1.29 is 9.84 Å². The fourth-order valence-electron chi connectivity index (χ4n) is 0.985. The molecule has 5 nitrogen and oxygen atoms in total. The van der Waals surface area contributed by atoms with E-state index in [1.54, 1.807) is 6.20 Å². The standard InChI is InChI=1S/C9H14ClN3O2/c10-8-6-11-7-9(13-8)12-2-1-4-15-5-3-14/h6-7,14H,1-5H2,(H,12,13). The number of aliphatic hydroxyl groups is 1. The van der Waals surface area contributed by atoms with Crippen molar-refractivity contribution in [3.8, 4) is 0 Å². The molecule has 0 aromatic carbocycles. The van der Waals surface area contributed by atoms with E-state index in [-0.39, 0.29) is 6.61 Å². The maximum atomic E-state index is 8.46. The predicted octanol–water partition coefficient (Wildman–Crippen LogP) is 0.941. The number of ether oxygens (including phenoxy) is 1. The second kappa shape index (κ2) is 7.39. The van der Waals surface area contributed by atoms with Crippen LogP contribution in [0, 0.1) is 0 Å². The van der Waals surface area contributed by atoms with Crippen molar-refractivity contribution in [1.82, 2.24) is 9.97 Å². The third-order valence-electron chi connectivity index (χ3n) is 1.61. The number of hydrogen-bond acceptors (Lipinski definition) is 5. The molecule has 0 amide bonds. The summed E-state index contributed by atoms with van der Waals surface area (Å²) in [6.07, 6.45) is 3.94. The van der Waals surface area contributed by atoms with E-state index in [1.807, 2.05) is 0 Å². The van der Waals surface area contributed by atoms with Gasteiger partial charge in [-0.2, -0.15) is 0 Å². The molecule has 0 atom stereocenters. The molecule has 0 aliphatic rings. The number of aliphatic hydroxyl groups excluding tert-OH is 1. The van der Waals surface area contributed by atoms with E-state index in [1.165, 1.54) is 6.20 Å². The monoisotopic (exact) mass is 231 g/mol. The molecule has 1 heterocycles. The first kappa shape index (κ1) is 12.2. The Balaban J connectivity index is 2.10. The maximum absolute atomic E-state index is 8.46. The highest BCUT2D eigenvalue weighted by atomic mass is 35.5. The van der Waals surface area contributed by atoms with Crippen LogP contribution in [0.5, 0.6) is 0 Å². The molecule has 0 aliphatic carbocycles. The summed E-state index contributed by atoms with van der Waals surface area (Å²) in [7, 11) is 0. The van der Waals surface area contributed by atoms with Crippen molar-refractivity contribution in [2.24, 2.45) is 0 Å². The van der Waals surface area contributed by atoms with E-state index < -0.39 is 0 Å². The van der Waals surface area contributed by atoms with Gasteiger partial charge in [0.25, 0.3) is 0 Å². The molecule has 6 heteroatoms. The van der Waals surface area contributed by atoms with E-state index in [0.717, 1.165) is 13.0 Å². The molecule has 1 aromatic rings. The van der Waals surface area contributed by atoms with Gasteiger partial charge < -0.3 is 15.2 Å². The van der Waals surface area contributed by atoms with Gasteiger partial charge in [0, 0.05) is 13.2 Å². The Morgan fingerprint density at radius 1 is 1.40 bits per heavy atom. The van der Waals surface area contributed by atoms with Crippen LogP contribution in [0.2, 0.25) is 5.15 Å². The zero-order chi connectivity index (χ0) is 10.9. The zero-order valence-corrected chi connectivity index (χ0v) is 9.07. The number of aromatic nitrogens is 2. The highest BCUT2D eigenvalue weighted by Gasteiger charge is 1.95. The highest BCUT2D eigenvalue weighted by molar-refractivity contribution is 6.29. The summed E-state index contributed by atoms with van der Waals surface area (Å²) in [5, 5.41) is 11.9. The molecule has 0 fully saturated rings. The van der Waals surface area contributed by atoms with Crippen LogP contribution in [-0.4, -0.2) is 41.4 Å². The van der Waals surface area contributed by atoms with Crippen molar-refractivity contribution in [3.63, 3.8) is 0 Å². The number of halogens is 1. The van der Waals surface area contributed by atoms with Gasteiger partial charge >= 0.3 is 0 Å². The lowest BCUT2D eigenvalue weighted by molar-refractivity contribution is 0.0922. The molecule has 0 saturated heterocycles. The average molecular weight is 232 g/mol. The van der Waals surface area contributed by atoms with Crippen molar-refractivity contribution >= 4 is 17.4 Å². The normalized spacial score (nSPS) is 10.3. The van der Waals surface area contributed by atoms with Crippen LogP contribution in [0.25, 0.3) is 0 Å². The molecule has 0 bridgehead atoms. The van der Waals surface area contributed by atoms with Gasteiger partial charge in [0.15, 0.2) is 0 Å². The maximum Gasteiger partial charge on any atom is 0.149 e. The Bertz CT molecular complexity index is 286. The van der Waals surface area contributed by atoms with Gasteiger partial charge in [0.05, 0.1) is 25.6 Å². The summed E-state index contributed by atoms with van der Waals surface area (Å²) >= 11 is 5.66. The van der Waals surface area contributed by atoms with Crippen molar-refractivity contribution in [2.75, 3.05) is 31.7 Å². The van der Waals surface area contributed by atoms with Gasteiger partial charge in [-0.15, -0.1) is 0 Å². The number of hydrogen-bond donors (Lipinski definition) is 2. The number of nitrogens with zero attached hydrogens (tertiary/aromatic N) is 2. The second-order valence-electron chi connectivity index (χ2n) is 2.84. The topological polar surface area (TPSA) is 67.3 Å². The smallest absolute Gasteiger partial charge is 0.149 e. The Morgan fingerprint density at radius 2 is 2.27 bits per heavy atom. The summed E-state index contributed by atoms with van der Waals surface area (Å²) < 4.78 is 5.09. The van der Waals surface area contributed by atoms with Crippen molar-refractivity contribution in [2.45, 2.75) is 6.42 Å². The fourth-order valence-corrected chi connectivity index (χ4v) is 1.13. The third kappa shape index (κ3) is 5.51. The van der Waals surface area contributed by atoms with Gasteiger partial charge in [-0.1, -0.05) is 11.6 Å². The molecule has 0 spiro atoms. The number of nitrogens with one attached hydrogen (secondary N) is 1. The van der Waals surface area contributed by atoms with Crippen LogP contribution >= 0.6 is 11.6 Å². The highest BCUT2D eigenvalue weighted by Crippen LogP contribution is 2.06. The van der Waals surface area contributed by atoms with E-state index in [9.17, 15) is 0 Å². The third-order valence-corrected chi connectivity index (χ3v) is 1.79. The average Bonchev–Trinajstić information content (AvgIpc) is 2.23. The summed E-state index contributed by atoms with van der Waals surface area (Å²) in [4.78, 5) is 7.91. The lowest BCUT2D eigenvalue weighted by Crippen LogP contribution is -2.08. The number of rotatable bonds is 7. The minimum absolute atomic E-state index is 0.0627. The zero-order valence-electron chi connectivity index (χ0n) is 8.32. The molecule has 0 radical (unpaired) electrons. The molecule has 15 heavy (non-hydrogen) atoms. The molecular weight excluding hydrogens is 218 g/mol. The first-order valence-electron chi connectivity index (χ1n) is 4.73. The van der Waals surface area contributed by atoms with Gasteiger partial charge in [-0.05, 0) is 6.42 Å². The van der Waals surface area contributed by atoms with Crippen LogP contribution < -0.4 is 5.32 Å². The molecule has 0 unspecified atom stereocenters. The molecule has 1 rings (SSSR count). The Kier molecular flexibility index (Phi) is 5.99. The van der Waals surface area contributed by atoms with Gasteiger partial charge in [-0.3, -0.25) is 4.98 Å². The largest absolute Gasteiger partial charge is 0.394 e. The summed E-state index contributed by atoms with van der Waals surface area (Å²) in [5.41, 5.74) is 0. The fraction of sp³-hybridized carbons (Fsp3) is 0.556. The SMILES string of the molecule is OCCOCCCNc1cncc(Cl)n1. The van der Waals surface area contributed by atoms with Gasteiger partial charge in [0.1, 0.15) is 11.0 Å². The summed E-state index contributed by atoms with van der Waals surface area (Å²) in [6, 6.07) is 0. The van der Waals surface area contributed by atoms with Crippen LogP contribution in [0.3, 0.4) is 0 Å².